The van der Waals surface area contributed by atoms with Crippen LogP contribution >= 0.6 is 0 Å². The zero-order chi connectivity index (χ0) is 13.7. The van der Waals surface area contributed by atoms with Gasteiger partial charge in [-0.1, -0.05) is 6.92 Å². The summed E-state index contributed by atoms with van der Waals surface area (Å²) in [6, 6.07) is 9.69. The first-order valence-electron chi connectivity index (χ1n) is 6.60. The van der Waals surface area contributed by atoms with Crippen LogP contribution in [0.2, 0.25) is 0 Å². The van der Waals surface area contributed by atoms with Crippen LogP contribution in [-0.2, 0) is 0 Å². The zero-order valence-corrected chi connectivity index (χ0v) is 11.3. The highest BCUT2D eigenvalue weighted by Crippen LogP contribution is 2.18. The SMILES string of the molecule is CCCC(=O)c1ccc(NC(C)c2cc[nH]n2)cc1. The summed E-state index contributed by atoms with van der Waals surface area (Å²) in [6.45, 7) is 4.06. The van der Waals surface area contributed by atoms with E-state index in [4.69, 9.17) is 0 Å². The van der Waals surface area contributed by atoms with Crippen LogP contribution in [0.3, 0.4) is 0 Å². The summed E-state index contributed by atoms with van der Waals surface area (Å²) in [5.41, 5.74) is 2.73. The number of nitrogens with zero attached hydrogens (tertiary/aromatic N) is 1. The number of hydrogen-bond donors (Lipinski definition) is 2. The van der Waals surface area contributed by atoms with E-state index in [1.807, 2.05) is 44.2 Å². The van der Waals surface area contributed by atoms with Crippen LogP contribution in [0.4, 0.5) is 5.69 Å². The van der Waals surface area contributed by atoms with Crippen LogP contribution in [0.15, 0.2) is 36.5 Å². The molecule has 0 bridgehead atoms. The standard InChI is InChI=1S/C15H19N3O/c1-3-4-15(19)12-5-7-13(8-6-12)17-11(2)14-9-10-16-18-14/h5-11,17H,3-4H2,1-2H3,(H,16,18). The van der Waals surface area contributed by atoms with Crippen molar-refractivity contribution in [3.05, 3.63) is 47.8 Å². The second kappa shape index (κ2) is 6.18. The summed E-state index contributed by atoms with van der Waals surface area (Å²) in [6.07, 6.45) is 3.30. The Morgan fingerprint density at radius 3 is 2.63 bits per heavy atom. The maximum Gasteiger partial charge on any atom is 0.162 e. The first-order valence-corrected chi connectivity index (χ1v) is 6.60. The van der Waals surface area contributed by atoms with E-state index in [0.717, 1.165) is 23.4 Å². The number of anilines is 1. The Balaban J connectivity index is 2.01. The van der Waals surface area contributed by atoms with Crippen LogP contribution in [-0.4, -0.2) is 16.0 Å². The summed E-state index contributed by atoms with van der Waals surface area (Å²) < 4.78 is 0. The van der Waals surface area contributed by atoms with Gasteiger partial charge in [-0.15, -0.1) is 0 Å². The average Bonchev–Trinajstić information content (AvgIpc) is 2.94. The van der Waals surface area contributed by atoms with Gasteiger partial charge in [-0.25, -0.2) is 0 Å². The number of aromatic amines is 1. The highest BCUT2D eigenvalue weighted by molar-refractivity contribution is 5.96. The van der Waals surface area contributed by atoms with Crippen molar-refractivity contribution in [2.24, 2.45) is 0 Å². The molecule has 0 radical (unpaired) electrons. The number of aromatic nitrogens is 2. The van der Waals surface area contributed by atoms with Gasteiger partial charge in [-0.2, -0.15) is 5.10 Å². The lowest BCUT2D eigenvalue weighted by molar-refractivity contribution is 0.0982. The third kappa shape index (κ3) is 3.44. The van der Waals surface area contributed by atoms with E-state index in [1.165, 1.54) is 0 Å². The molecule has 0 amide bonds. The Morgan fingerprint density at radius 2 is 2.05 bits per heavy atom. The van der Waals surface area contributed by atoms with Crippen molar-refractivity contribution >= 4 is 11.5 Å². The lowest BCUT2D eigenvalue weighted by atomic mass is 10.1. The van der Waals surface area contributed by atoms with Crippen molar-refractivity contribution in [1.82, 2.24) is 10.2 Å². The molecule has 19 heavy (non-hydrogen) atoms. The number of ketones is 1. The Kier molecular flexibility index (Phi) is 4.34. The number of hydrogen-bond acceptors (Lipinski definition) is 3. The number of carbonyl (C=O) groups excluding carboxylic acids is 1. The van der Waals surface area contributed by atoms with Crippen molar-refractivity contribution in [2.75, 3.05) is 5.32 Å². The van der Waals surface area contributed by atoms with Crippen LogP contribution < -0.4 is 5.32 Å². The van der Waals surface area contributed by atoms with Gasteiger partial charge in [0.25, 0.3) is 0 Å². The van der Waals surface area contributed by atoms with E-state index in [9.17, 15) is 4.79 Å². The molecule has 4 heteroatoms. The van der Waals surface area contributed by atoms with E-state index in [2.05, 4.69) is 15.5 Å². The van der Waals surface area contributed by atoms with Crippen molar-refractivity contribution in [3.8, 4) is 0 Å². The molecule has 1 aromatic carbocycles. The minimum Gasteiger partial charge on any atom is -0.377 e. The number of carbonyl (C=O) groups is 1. The Morgan fingerprint density at radius 1 is 1.32 bits per heavy atom. The molecular weight excluding hydrogens is 238 g/mol. The highest BCUT2D eigenvalue weighted by Gasteiger charge is 2.08. The molecule has 1 unspecified atom stereocenters. The van der Waals surface area contributed by atoms with E-state index in [1.54, 1.807) is 6.20 Å². The summed E-state index contributed by atoms with van der Waals surface area (Å²) in [5, 5.41) is 10.3. The zero-order valence-electron chi connectivity index (χ0n) is 11.3. The van der Waals surface area contributed by atoms with Gasteiger partial charge in [0.15, 0.2) is 5.78 Å². The lowest BCUT2D eigenvalue weighted by Crippen LogP contribution is -2.07. The van der Waals surface area contributed by atoms with Crippen LogP contribution in [0.25, 0.3) is 0 Å². The summed E-state index contributed by atoms with van der Waals surface area (Å²) in [7, 11) is 0. The van der Waals surface area contributed by atoms with Gasteiger partial charge in [0.2, 0.25) is 0 Å². The third-order valence-electron chi connectivity index (χ3n) is 3.03. The summed E-state index contributed by atoms with van der Waals surface area (Å²) in [5.74, 6) is 0.203. The topological polar surface area (TPSA) is 57.8 Å². The van der Waals surface area contributed by atoms with Crippen LogP contribution in [0, 0.1) is 0 Å². The molecule has 100 valence electrons. The molecule has 0 aliphatic carbocycles. The van der Waals surface area contributed by atoms with Gasteiger partial charge in [-0.05, 0) is 43.7 Å². The first kappa shape index (κ1) is 13.3. The molecule has 0 saturated heterocycles. The lowest BCUT2D eigenvalue weighted by Gasteiger charge is -2.13. The van der Waals surface area contributed by atoms with Crippen molar-refractivity contribution in [3.63, 3.8) is 0 Å². The molecule has 0 fully saturated rings. The van der Waals surface area contributed by atoms with Crippen LogP contribution in [0.1, 0.15) is 48.8 Å². The molecule has 4 nitrogen and oxygen atoms in total. The predicted octanol–water partition coefficient (Wildman–Crippen LogP) is 3.57. The van der Waals surface area contributed by atoms with Gasteiger partial charge < -0.3 is 5.32 Å². The second-order valence-corrected chi connectivity index (χ2v) is 4.62. The van der Waals surface area contributed by atoms with E-state index in [0.29, 0.717) is 6.42 Å². The molecule has 0 aliphatic heterocycles. The third-order valence-corrected chi connectivity index (χ3v) is 3.03. The summed E-state index contributed by atoms with van der Waals surface area (Å²) >= 11 is 0. The minimum atomic E-state index is 0.128. The molecule has 2 rings (SSSR count). The molecular formula is C15H19N3O. The van der Waals surface area contributed by atoms with Gasteiger partial charge in [-0.3, -0.25) is 9.89 Å². The highest BCUT2D eigenvalue weighted by atomic mass is 16.1. The second-order valence-electron chi connectivity index (χ2n) is 4.62. The number of benzene rings is 1. The van der Waals surface area contributed by atoms with Crippen molar-refractivity contribution in [1.29, 1.82) is 0 Å². The summed E-state index contributed by atoms with van der Waals surface area (Å²) in [4.78, 5) is 11.7. The molecule has 1 aromatic heterocycles. The Bertz CT molecular complexity index is 517. The maximum atomic E-state index is 11.7. The van der Waals surface area contributed by atoms with E-state index >= 15 is 0 Å². The molecule has 1 heterocycles. The fraction of sp³-hybridized carbons (Fsp3) is 0.333. The van der Waals surface area contributed by atoms with Crippen molar-refractivity contribution in [2.45, 2.75) is 32.7 Å². The maximum absolute atomic E-state index is 11.7. The molecule has 0 saturated carbocycles. The van der Waals surface area contributed by atoms with Gasteiger partial charge in [0.1, 0.15) is 0 Å². The van der Waals surface area contributed by atoms with Gasteiger partial charge in [0.05, 0.1) is 11.7 Å². The predicted molar refractivity (Wildman–Crippen MR) is 76.3 cm³/mol. The first-order chi connectivity index (χ1) is 9.20. The number of rotatable bonds is 6. The molecule has 1 atom stereocenters. The fourth-order valence-corrected chi connectivity index (χ4v) is 1.96. The quantitative estimate of drug-likeness (QED) is 0.778. The molecule has 2 N–H and O–H groups in total. The van der Waals surface area contributed by atoms with E-state index in [-0.39, 0.29) is 11.8 Å². The number of H-pyrrole nitrogens is 1. The monoisotopic (exact) mass is 257 g/mol. The van der Waals surface area contributed by atoms with Crippen molar-refractivity contribution < 1.29 is 4.79 Å². The molecule has 2 aromatic rings. The molecule has 0 spiro atoms. The van der Waals surface area contributed by atoms with Crippen LogP contribution in [0.5, 0.6) is 0 Å². The Labute approximate surface area is 113 Å². The van der Waals surface area contributed by atoms with E-state index < -0.39 is 0 Å². The molecule has 0 aliphatic rings. The Hall–Kier alpha value is -2.10. The van der Waals surface area contributed by atoms with Gasteiger partial charge >= 0.3 is 0 Å². The van der Waals surface area contributed by atoms with Gasteiger partial charge in [0, 0.05) is 23.9 Å². The fourth-order valence-electron chi connectivity index (χ4n) is 1.96. The smallest absolute Gasteiger partial charge is 0.162 e. The average molecular weight is 257 g/mol. The largest absolute Gasteiger partial charge is 0.377 e. The minimum absolute atomic E-state index is 0.128. The number of Topliss-reactive ketones (excluding diaryl/α,β-unsaturated/α-hetero) is 1. The number of nitrogens with one attached hydrogen (secondary N) is 2. The normalized spacial score (nSPS) is 12.1.